The van der Waals surface area contributed by atoms with Crippen molar-refractivity contribution in [2.45, 2.75) is 6.04 Å². The van der Waals surface area contributed by atoms with Gasteiger partial charge in [-0.15, -0.1) is 0 Å². The summed E-state index contributed by atoms with van der Waals surface area (Å²) < 4.78 is 0. The number of nitro groups is 2. The first-order valence-corrected chi connectivity index (χ1v) is 9.53. The monoisotopic (exact) mass is 420 g/mol. The van der Waals surface area contributed by atoms with Crippen LogP contribution in [0.3, 0.4) is 0 Å². The minimum atomic E-state index is -0.465. The SMILES string of the molecule is CN1CC2=C(NC(N)=NC2c2cccc([N+](=O)[O-])c2)/C(=C/c2cccc([N+](=O)[O-])c2)C1. The maximum atomic E-state index is 11.2. The van der Waals surface area contributed by atoms with Gasteiger partial charge in [0.2, 0.25) is 0 Å². The van der Waals surface area contributed by atoms with Crippen molar-refractivity contribution in [3.63, 3.8) is 0 Å². The molecule has 0 amide bonds. The molecule has 4 rings (SSSR count). The molecule has 0 radical (unpaired) electrons. The van der Waals surface area contributed by atoms with E-state index in [2.05, 4.69) is 15.2 Å². The molecule has 1 atom stereocenters. The van der Waals surface area contributed by atoms with Crippen molar-refractivity contribution in [1.29, 1.82) is 0 Å². The minimum Gasteiger partial charge on any atom is -0.370 e. The predicted octanol–water partition coefficient (Wildman–Crippen LogP) is 2.75. The van der Waals surface area contributed by atoms with Crippen LogP contribution in [-0.4, -0.2) is 40.8 Å². The average molecular weight is 420 g/mol. The van der Waals surface area contributed by atoms with Crippen molar-refractivity contribution < 1.29 is 9.85 Å². The third-order valence-corrected chi connectivity index (χ3v) is 5.19. The number of nitro benzene ring substituents is 2. The summed E-state index contributed by atoms with van der Waals surface area (Å²) in [4.78, 5) is 28.1. The summed E-state index contributed by atoms with van der Waals surface area (Å²) in [6, 6.07) is 12.3. The Kier molecular flexibility index (Phi) is 5.22. The van der Waals surface area contributed by atoms with E-state index in [0.29, 0.717) is 24.2 Å². The lowest BCUT2D eigenvalue weighted by molar-refractivity contribution is -0.385. The van der Waals surface area contributed by atoms with Gasteiger partial charge < -0.3 is 11.1 Å². The fourth-order valence-electron chi connectivity index (χ4n) is 3.89. The number of hydrogen-bond acceptors (Lipinski definition) is 8. The maximum absolute atomic E-state index is 11.2. The fraction of sp³-hybridized carbons (Fsp3) is 0.190. The van der Waals surface area contributed by atoms with E-state index in [0.717, 1.165) is 16.8 Å². The van der Waals surface area contributed by atoms with Gasteiger partial charge in [-0.3, -0.25) is 25.1 Å². The lowest BCUT2D eigenvalue weighted by Crippen LogP contribution is -2.43. The van der Waals surface area contributed by atoms with E-state index < -0.39 is 15.9 Å². The van der Waals surface area contributed by atoms with Gasteiger partial charge in [-0.25, -0.2) is 4.99 Å². The zero-order valence-electron chi connectivity index (χ0n) is 16.7. The average Bonchev–Trinajstić information content (AvgIpc) is 2.74. The number of guanidine groups is 1. The van der Waals surface area contributed by atoms with Crippen LogP contribution in [0, 0.1) is 20.2 Å². The summed E-state index contributed by atoms with van der Waals surface area (Å²) >= 11 is 0. The molecule has 10 nitrogen and oxygen atoms in total. The Hall–Kier alpha value is -4.05. The summed E-state index contributed by atoms with van der Waals surface area (Å²) in [6.07, 6.45) is 1.88. The van der Waals surface area contributed by atoms with E-state index in [1.807, 2.05) is 13.1 Å². The highest BCUT2D eigenvalue weighted by molar-refractivity contribution is 5.84. The van der Waals surface area contributed by atoms with Crippen LogP contribution in [0.15, 0.2) is 70.4 Å². The first-order valence-electron chi connectivity index (χ1n) is 9.53. The second-order valence-corrected chi connectivity index (χ2v) is 7.49. The van der Waals surface area contributed by atoms with Gasteiger partial charge in [-0.2, -0.15) is 0 Å². The van der Waals surface area contributed by atoms with Crippen LogP contribution >= 0.6 is 0 Å². The molecule has 2 aromatic rings. The topological polar surface area (TPSA) is 140 Å². The Balaban J connectivity index is 1.80. The van der Waals surface area contributed by atoms with Crippen LogP contribution < -0.4 is 11.1 Å². The zero-order chi connectivity index (χ0) is 22.1. The highest BCUT2D eigenvalue weighted by atomic mass is 16.6. The molecule has 31 heavy (non-hydrogen) atoms. The fourth-order valence-corrected chi connectivity index (χ4v) is 3.89. The summed E-state index contributed by atoms with van der Waals surface area (Å²) in [5.41, 5.74) is 10.1. The highest BCUT2D eigenvalue weighted by Crippen LogP contribution is 2.37. The number of hydrogen-bond donors (Lipinski definition) is 2. The van der Waals surface area contributed by atoms with Gasteiger partial charge in [0, 0.05) is 43.1 Å². The standard InChI is InChI=1S/C21H20N6O4/c1-25-11-15(8-13-4-2-6-16(9-13)26(28)29)20-18(12-25)19(23-21(22)24-20)14-5-3-7-17(10-14)27(30)31/h2-10,19H,11-12H2,1H3,(H3,22,23,24)/b15-8+. The Morgan fingerprint density at radius 3 is 2.48 bits per heavy atom. The molecule has 2 aliphatic heterocycles. The number of nitrogens with zero attached hydrogens (tertiary/aromatic N) is 4. The predicted molar refractivity (Wildman–Crippen MR) is 116 cm³/mol. The Morgan fingerprint density at radius 2 is 1.77 bits per heavy atom. The third-order valence-electron chi connectivity index (χ3n) is 5.19. The smallest absolute Gasteiger partial charge is 0.270 e. The van der Waals surface area contributed by atoms with Gasteiger partial charge >= 0.3 is 0 Å². The lowest BCUT2D eigenvalue weighted by atomic mass is 9.89. The Morgan fingerprint density at radius 1 is 1.10 bits per heavy atom. The van der Waals surface area contributed by atoms with Crippen molar-refractivity contribution in [3.05, 3.63) is 96.7 Å². The molecule has 0 fully saturated rings. The molecule has 2 heterocycles. The first-order chi connectivity index (χ1) is 14.8. The van der Waals surface area contributed by atoms with Gasteiger partial charge in [0.25, 0.3) is 11.4 Å². The number of aliphatic imine (C=N–C) groups is 1. The number of non-ortho nitro benzene ring substituents is 2. The van der Waals surface area contributed by atoms with E-state index >= 15 is 0 Å². The Labute approximate surface area is 177 Å². The van der Waals surface area contributed by atoms with Crippen molar-refractivity contribution >= 4 is 23.4 Å². The molecule has 0 aliphatic carbocycles. The molecule has 0 spiro atoms. The minimum absolute atomic E-state index is 0.0107. The van der Waals surface area contributed by atoms with Crippen LogP contribution in [0.25, 0.3) is 6.08 Å². The molecule has 3 N–H and O–H groups in total. The first kappa shape index (κ1) is 20.2. The van der Waals surface area contributed by atoms with E-state index in [1.54, 1.807) is 24.3 Å². The van der Waals surface area contributed by atoms with Gasteiger partial charge in [-0.05, 0) is 35.4 Å². The molecule has 2 aliphatic rings. The molecule has 10 heteroatoms. The quantitative estimate of drug-likeness (QED) is 0.572. The second kappa shape index (κ2) is 8.00. The number of nitrogens with two attached hydrogens (primary N) is 1. The van der Waals surface area contributed by atoms with Gasteiger partial charge in [0.05, 0.1) is 9.85 Å². The van der Waals surface area contributed by atoms with Gasteiger partial charge in [0.1, 0.15) is 6.04 Å². The van der Waals surface area contributed by atoms with Gasteiger partial charge in [-0.1, -0.05) is 24.3 Å². The summed E-state index contributed by atoms with van der Waals surface area (Å²) in [5.74, 6) is 0.213. The molecular formula is C21H20N6O4. The van der Waals surface area contributed by atoms with Crippen molar-refractivity contribution in [2.75, 3.05) is 20.1 Å². The second-order valence-electron chi connectivity index (χ2n) is 7.49. The molecule has 0 saturated heterocycles. The number of likely N-dealkylation sites (N-methyl/N-ethyl adjacent to an activating group) is 1. The maximum Gasteiger partial charge on any atom is 0.270 e. The normalized spacial score (nSPS) is 20.1. The van der Waals surface area contributed by atoms with Crippen LogP contribution in [0.2, 0.25) is 0 Å². The summed E-state index contributed by atoms with van der Waals surface area (Å²) in [5, 5.41) is 25.5. The highest BCUT2D eigenvalue weighted by Gasteiger charge is 2.31. The van der Waals surface area contributed by atoms with Crippen LogP contribution in [0.4, 0.5) is 11.4 Å². The van der Waals surface area contributed by atoms with E-state index in [-0.39, 0.29) is 17.3 Å². The van der Waals surface area contributed by atoms with Crippen LogP contribution in [0.1, 0.15) is 17.2 Å². The largest absolute Gasteiger partial charge is 0.370 e. The van der Waals surface area contributed by atoms with E-state index in [9.17, 15) is 20.2 Å². The summed E-state index contributed by atoms with van der Waals surface area (Å²) in [6.45, 7) is 1.20. The molecule has 0 bridgehead atoms. The van der Waals surface area contributed by atoms with Crippen molar-refractivity contribution in [3.8, 4) is 0 Å². The molecule has 1 unspecified atom stereocenters. The van der Waals surface area contributed by atoms with Gasteiger partial charge in [0.15, 0.2) is 5.96 Å². The van der Waals surface area contributed by atoms with Crippen molar-refractivity contribution in [1.82, 2.24) is 10.2 Å². The molecule has 0 saturated carbocycles. The molecule has 2 aromatic carbocycles. The number of rotatable bonds is 4. The molecule has 158 valence electrons. The van der Waals surface area contributed by atoms with Crippen LogP contribution in [0.5, 0.6) is 0 Å². The van der Waals surface area contributed by atoms with Crippen LogP contribution in [-0.2, 0) is 0 Å². The number of benzene rings is 2. The summed E-state index contributed by atoms with van der Waals surface area (Å²) in [7, 11) is 1.96. The molecule has 0 aromatic heterocycles. The van der Waals surface area contributed by atoms with Crippen molar-refractivity contribution in [2.24, 2.45) is 10.7 Å². The van der Waals surface area contributed by atoms with E-state index in [4.69, 9.17) is 5.73 Å². The third kappa shape index (κ3) is 4.14. The number of nitrogens with one attached hydrogen (secondary N) is 1. The Bertz CT molecular complexity index is 1170. The lowest BCUT2D eigenvalue weighted by Gasteiger charge is -2.36. The zero-order valence-corrected chi connectivity index (χ0v) is 16.7. The molecular weight excluding hydrogens is 400 g/mol. The van der Waals surface area contributed by atoms with E-state index in [1.165, 1.54) is 24.3 Å².